The van der Waals surface area contributed by atoms with Gasteiger partial charge in [-0.05, 0) is 37.1 Å². The van der Waals surface area contributed by atoms with Crippen LogP contribution in [0.5, 0.6) is 0 Å². The van der Waals surface area contributed by atoms with E-state index in [1.807, 2.05) is 30.3 Å². The van der Waals surface area contributed by atoms with Gasteiger partial charge in [-0.25, -0.2) is 0 Å². The molecule has 0 bridgehead atoms. The lowest BCUT2D eigenvalue weighted by atomic mass is 10.0. The zero-order valence-electron chi connectivity index (χ0n) is 25.1. The second-order valence-corrected chi connectivity index (χ2v) is 13.3. The average Bonchev–Trinajstić information content (AvgIpc) is 3.81. The Labute approximate surface area is 264 Å². The molecule has 0 spiro atoms. The molecule has 2 N–H and O–H groups in total. The standard InChI is InChI=1S/C35H36N4O5S/c40-18-15-37-11-13-39(14-12-37)35(9-10-35)34(42)36-23-7-8-30-28(21-23)26-5-2-4-25(33(26)45-30)24-3-1-6-27-29(41)22-31(44-32(24)27)38-16-19-43-20-17-38/h1-8,21-22,40H,9-20H2,(H,36,42). The van der Waals surface area contributed by atoms with Crippen molar-refractivity contribution in [1.82, 2.24) is 9.80 Å². The third-order valence-electron chi connectivity index (χ3n) is 9.65. The van der Waals surface area contributed by atoms with Crippen molar-refractivity contribution in [2.24, 2.45) is 0 Å². The molecule has 2 aromatic heterocycles. The van der Waals surface area contributed by atoms with E-state index in [0.717, 1.165) is 76.0 Å². The Morgan fingerprint density at radius 1 is 0.889 bits per heavy atom. The van der Waals surface area contributed by atoms with Crippen molar-refractivity contribution in [3.05, 3.63) is 70.9 Å². The van der Waals surface area contributed by atoms with Gasteiger partial charge in [-0.3, -0.25) is 19.4 Å². The number of morpholine rings is 1. The highest BCUT2D eigenvalue weighted by Crippen LogP contribution is 2.45. The average molecular weight is 625 g/mol. The molecule has 8 rings (SSSR count). The number of carbonyl (C=O) groups is 1. The molecule has 1 aliphatic carbocycles. The SMILES string of the molecule is O=C(Nc1ccc2sc3c(-c4cccc5c(=O)cc(N6CCOCC6)oc45)cccc3c2c1)C1(N2CCN(CCO)CC2)CC1. The fraction of sp³-hybridized carbons (Fsp3) is 0.371. The van der Waals surface area contributed by atoms with Crippen molar-refractivity contribution in [1.29, 1.82) is 0 Å². The number of rotatable bonds is 7. The van der Waals surface area contributed by atoms with Gasteiger partial charge in [-0.15, -0.1) is 11.3 Å². The summed E-state index contributed by atoms with van der Waals surface area (Å²) in [6.07, 6.45) is 1.75. The molecule has 10 heteroatoms. The third kappa shape index (κ3) is 5.10. The van der Waals surface area contributed by atoms with Gasteiger partial charge in [0.05, 0.1) is 25.2 Å². The van der Waals surface area contributed by atoms with Gasteiger partial charge in [-0.1, -0.05) is 30.3 Å². The smallest absolute Gasteiger partial charge is 0.244 e. The first-order valence-electron chi connectivity index (χ1n) is 15.8. The van der Waals surface area contributed by atoms with Crippen LogP contribution in [0.25, 0.3) is 42.3 Å². The number of carbonyl (C=O) groups excluding carboxylic acids is 1. The van der Waals surface area contributed by atoms with Crippen LogP contribution in [0.2, 0.25) is 0 Å². The number of hydrogen-bond acceptors (Lipinski definition) is 9. The number of thiophene rings is 1. The van der Waals surface area contributed by atoms with Crippen LogP contribution < -0.4 is 15.6 Å². The molecule has 2 saturated heterocycles. The van der Waals surface area contributed by atoms with Crippen LogP contribution in [-0.4, -0.2) is 92.0 Å². The summed E-state index contributed by atoms with van der Waals surface area (Å²) in [5.41, 5.74) is 2.82. The first-order valence-corrected chi connectivity index (χ1v) is 16.6. The number of para-hydroxylation sites is 1. The molecule has 0 radical (unpaired) electrons. The fourth-order valence-corrected chi connectivity index (χ4v) is 8.21. The summed E-state index contributed by atoms with van der Waals surface area (Å²) < 4.78 is 14.2. The zero-order valence-corrected chi connectivity index (χ0v) is 25.9. The lowest BCUT2D eigenvalue weighted by Crippen LogP contribution is -2.55. The lowest BCUT2D eigenvalue weighted by Gasteiger charge is -2.38. The van der Waals surface area contributed by atoms with Crippen molar-refractivity contribution < 1.29 is 19.1 Å². The van der Waals surface area contributed by atoms with E-state index in [4.69, 9.17) is 9.15 Å². The second-order valence-electron chi connectivity index (χ2n) is 12.3. The van der Waals surface area contributed by atoms with Gasteiger partial charge >= 0.3 is 0 Å². The van der Waals surface area contributed by atoms with Gasteiger partial charge in [0.15, 0.2) is 11.3 Å². The quantitative estimate of drug-likeness (QED) is 0.268. The maximum absolute atomic E-state index is 13.6. The number of piperazine rings is 1. The maximum atomic E-state index is 13.6. The number of amides is 1. The molecule has 9 nitrogen and oxygen atoms in total. The van der Waals surface area contributed by atoms with Gasteiger partial charge in [0, 0.05) is 88.9 Å². The Bertz CT molecular complexity index is 1970. The Morgan fingerprint density at radius 2 is 1.64 bits per heavy atom. The van der Waals surface area contributed by atoms with E-state index in [-0.39, 0.29) is 17.9 Å². The molecule has 4 heterocycles. The van der Waals surface area contributed by atoms with Crippen molar-refractivity contribution in [3.8, 4) is 11.1 Å². The summed E-state index contributed by atoms with van der Waals surface area (Å²) in [7, 11) is 0. The van der Waals surface area contributed by atoms with Crippen LogP contribution in [0, 0.1) is 0 Å². The first-order chi connectivity index (χ1) is 22.0. The van der Waals surface area contributed by atoms with Gasteiger partial charge in [0.1, 0.15) is 11.1 Å². The fourth-order valence-electron chi connectivity index (χ4n) is 7.00. The highest BCUT2D eigenvalue weighted by atomic mass is 32.1. The summed E-state index contributed by atoms with van der Waals surface area (Å²) >= 11 is 1.71. The molecule has 3 fully saturated rings. The molecule has 0 unspecified atom stereocenters. The molecule has 232 valence electrons. The Morgan fingerprint density at radius 3 is 2.40 bits per heavy atom. The van der Waals surface area contributed by atoms with E-state index in [2.05, 4.69) is 44.3 Å². The monoisotopic (exact) mass is 624 g/mol. The van der Waals surface area contributed by atoms with E-state index in [1.165, 1.54) is 0 Å². The summed E-state index contributed by atoms with van der Waals surface area (Å²) in [4.78, 5) is 33.5. The summed E-state index contributed by atoms with van der Waals surface area (Å²) in [6.45, 7) is 6.87. The number of fused-ring (bicyclic) bond motifs is 4. The molecular weight excluding hydrogens is 588 g/mol. The minimum absolute atomic E-state index is 0.0519. The molecule has 2 aliphatic heterocycles. The minimum Gasteiger partial charge on any atom is -0.440 e. The van der Waals surface area contributed by atoms with E-state index in [0.29, 0.717) is 49.7 Å². The van der Waals surface area contributed by atoms with Crippen LogP contribution in [0.15, 0.2) is 69.9 Å². The van der Waals surface area contributed by atoms with Crippen LogP contribution in [0.4, 0.5) is 11.6 Å². The predicted molar refractivity (Wildman–Crippen MR) is 180 cm³/mol. The molecule has 0 atom stereocenters. The van der Waals surface area contributed by atoms with Crippen LogP contribution in [0.3, 0.4) is 0 Å². The van der Waals surface area contributed by atoms with Gasteiger partial charge in [0.25, 0.3) is 0 Å². The van der Waals surface area contributed by atoms with Gasteiger partial charge in [0.2, 0.25) is 5.91 Å². The molecule has 5 aromatic rings. The van der Waals surface area contributed by atoms with E-state index < -0.39 is 5.54 Å². The largest absolute Gasteiger partial charge is 0.440 e. The molecule has 3 aromatic carbocycles. The lowest BCUT2D eigenvalue weighted by molar-refractivity contribution is -0.123. The normalized spacial score (nSPS) is 19.0. The summed E-state index contributed by atoms with van der Waals surface area (Å²) in [5.74, 6) is 0.646. The Kier molecular flexibility index (Phi) is 7.34. The van der Waals surface area contributed by atoms with Crippen LogP contribution in [-0.2, 0) is 9.53 Å². The molecular formula is C35H36N4O5S. The van der Waals surface area contributed by atoms with Crippen molar-refractivity contribution in [3.63, 3.8) is 0 Å². The Balaban J connectivity index is 1.12. The molecule has 1 amide bonds. The Hall–Kier alpha value is -3.80. The van der Waals surface area contributed by atoms with Crippen molar-refractivity contribution in [2.75, 3.05) is 75.9 Å². The first kappa shape index (κ1) is 28.7. The van der Waals surface area contributed by atoms with Crippen molar-refractivity contribution >= 4 is 60.0 Å². The molecule has 1 saturated carbocycles. The number of hydrogen-bond donors (Lipinski definition) is 2. The zero-order chi connectivity index (χ0) is 30.5. The highest BCUT2D eigenvalue weighted by molar-refractivity contribution is 7.26. The molecule has 45 heavy (non-hydrogen) atoms. The van der Waals surface area contributed by atoms with Crippen LogP contribution >= 0.6 is 11.3 Å². The maximum Gasteiger partial charge on any atom is 0.244 e. The second kappa shape index (κ2) is 11.5. The number of aliphatic hydroxyl groups is 1. The number of β-amino-alcohol motifs (C(OH)–C–C–N with tert-alkyl or cyclic N) is 1. The summed E-state index contributed by atoms with van der Waals surface area (Å²) in [6, 6.07) is 19.8. The van der Waals surface area contributed by atoms with E-state index >= 15 is 0 Å². The van der Waals surface area contributed by atoms with E-state index in [9.17, 15) is 14.7 Å². The highest BCUT2D eigenvalue weighted by Gasteiger charge is 2.54. The summed E-state index contributed by atoms with van der Waals surface area (Å²) in [5, 5.41) is 15.3. The van der Waals surface area contributed by atoms with Gasteiger partial charge < -0.3 is 24.5 Å². The number of aliphatic hydroxyl groups excluding tert-OH is 1. The predicted octanol–water partition coefficient (Wildman–Crippen LogP) is 4.75. The number of ether oxygens (including phenoxy) is 1. The van der Waals surface area contributed by atoms with E-state index in [1.54, 1.807) is 17.4 Å². The number of nitrogens with one attached hydrogen (secondary N) is 1. The number of nitrogens with zero attached hydrogens (tertiary/aromatic N) is 3. The number of benzene rings is 3. The topological polar surface area (TPSA) is 98.5 Å². The molecule has 3 aliphatic rings. The van der Waals surface area contributed by atoms with Crippen LogP contribution in [0.1, 0.15) is 12.8 Å². The van der Waals surface area contributed by atoms with Gasteiger partial charge in [-0.2, -0.15) is 0 Å². The number of anilines is 2. The van der Waals surface area contributed by atoms with Crippen molar-refractivity contribution in [2.45, 2.75) is 18.4 Å². The minimum atomic E-state index is -0.428. The third-order valence-corrected chi connectivity index (χ3v) is 10.9.